The van der Waals surface area contributed by atoms with E-state index in [9.17, 15) is 53.7 Å². The Morgan fingerprint density at radius 3 is 1.17 bits per heavy atom. The number of carbonyl (C=O) groups is 5. The van der Waals surface area contributed by atoms with E-state index < -0.39 is 29.1 Å². The molecule has 12 aromatic rings. The predicted octanol–water partition coefficient (Wildman–Crippen LogP) is 19.3. The maximum atomic E-state index is 14.9. The van der Waals surface area contributed by atoms with Crippen LogP contribution in [0.15, 0.2) is 144 Å². The summed E-state index contributed by atoms with van der Waals surface area (Å²) < 4.78 is 4.59. The summed E-state index contributed by atoms with van der Waals surface area (Å²) in [5, 5.41) is 37.1. The number of anilines is 5. The molecule has 3 saturated heterocycles. The summed E-state index contributed by atoms with van der Waals surface area (Å²) in [5.41, 5.74) is 10.1. The highest BCUT2D eigenvalue weighted by Gasteiger charge is 2.49. The molecule has 135 heavy (non-hydrogen) atoms. The van der Waals surface area contributed by atoms with Crippen LogP contribution in [0.1, 0.15) is 126 Å². The number of hydrogen-bond donors (Lipinski definition) is 4. The molecule has 0 spiro atoms. The van der Waals surface area contributed by atoms with Crippen molar-refractivity contribution in [2.24, 2.45) is 0 Å². The Balaban J connectivity index is 0.000000147. The van der Waals surface area contributed by atoms with Crippen molar-refractivity contribution in [3.63, 3.8) is 0 Å². The minimum atomic E-state index is -0.778. The summed E-state index contributed by atoms with van der Waals surface area (Å²) >= 11 is 59.6. The zero-order chi connectivity index (χ0) is 97.4. The zero-order valence-electron chi connectivity index (χ0n) is 75.5. The first-order chi connectivity index (χ1) is 64.0. The van der Waals surface area contributed by atoms with E-state index in [1.165, 1.54) is 68.7 Å². The van der Waals surface area contributed by atoms with Gasteiger partial charge in [0.2, 0.25) is 23.6 Å². The Morgan fingerprint density at radius 1 is 0.430 bits per heavy atom. The quantitative estimate of drug-likeness (QED) is 0.0826. The third-order valence-corrected chi connectivity index (χ3v) is 28.9. The van der Waals surface area contributed by atoms with Crippen LogP contribution in [0.2, 0.25) is 45.2 Å². The highest BCUT2D eigenvalue weighted by molar-refractivity contribution is 6.46. The predicted molar refractivity (Wildman–Crippen MR) is 536 cm³/mol. The van der Waals surface area contributed by atoms with Crippen LogP contribution in [0.4, 0.5) is 28.4 Å². The van der Waals surface area contributed by atoms with E-state index in [0.29, 0.717) is 98.7 Å². The second-order valence-corrected chi connectivity index (χ2v) is 38.9. The van der Waals surface area contributed by atoms with E-state index in [-0.39, 0.29) is 211 Å². The number of aryl methyl sites for hydroxylation is 3. The Labute approximate surface area is 821 Å². The van der Waals surface area contributed by atoms with Crippen molar-refractivity contribution >= 4 is 195 Å². The number of benzene rings is 3. The Kier molecular flexibility index (Phi) is 26.6. The van der Waals surface area contributed by atoms with Crippen LogP contribution in [-0.2, 0) is 30.4 Å². The third-order valence-electron chi connectivity index (χ3n) is 25.7. The van der Waals surface area contributed by atoms with Crippen molar-refractivity contribution in [1.82, 2.24) is 58.3 Å². The summed E-state index contributed by atoms with van der Waals surface area (Å²) in [5.74, 6) is -1.90. The molecule has 15 heterocycles. The fraction of sp³-hybridized carbons (Fsp3) is 0.306. The first-order valence-corrected chi connectivity index (χ1v) is 46.9. The van der Waals surface area contributed by atoms with Crippen molar-refractivity contribution in [3.8, 4) is 68.1 Å². The number of likely N-dealkylation sites (N-methyl/N-ethyl adjacent to an activating group) is 1. The molecule has 18 rings (SSSR count). The van der Waals surface area contributed by atoms with E-state index in [4.69, 9.17) is 119 Å². The summed E-state index contributed by atoms with van der Waals surface area (Å²) in [6, 6.07) is 16.7. The van der Waals surface area contributed by atoms with E-state index in [2.05, 4.69) is 44.9 Å². The smallest absolute Gasteiger partial charge is 0.283 e. The lowest BCUT2D eigenvalue weighted by molar-refractivity contribution is -0.132. The SMILES string of the molecule is C=CC(=O)N1CC2C(=O)N(C)c3c(c4cc(Cl)c(-c5cc(O)cc(Cl)c5Cl)nc4n(-c4c(C)ccnc4C(C)C)c3=O)N2CC1C.C=CC(=O)N1CC2C(=O)Nc3c(c4cc(Cl)c(-c5cc(O)cc(Cl)c5Cl)nc4n(-c4c(C)ccnc4C(C)C)c3=O)N2CC1C.C=CC(=O)N1CC2CCc3c(c4cc(Cl)c(-c5cc(O)cc(Cl)c5Cl)nc4n(-c4c(C)ccnc4C(C)C)c3=O)N2CC1C. The molecule has 3 aromatic carbocycles. The van der Waals surface area contributed by atoms with Crippen LogP contribution in [-0.4, -0.2) is 186 Å². The minimum absolute atomic E-state index is 0.00479. The topological polar surface area (TPSA) is 324 Å². The van der Waals surface area contributed by atoms with Gasteiger partial charge in [-0.15, -0.1) is 0 Å². The highest BCUT2D eigenvalue weighted by atomic mass is 35.5. The number of phenols is 3. The number of carbonyl (C=O) groups excluding carboxylic acids is 5. The number of nitrogens with one attached hydrogen (secondary N) is 1. The molecule has 0 bridgehead atoms. The van der Waals surface area contributed by atoms with Gasteiger partial charge in [0.25, 0.3) is 22.6 Å². The molecule has 0 saturated carbocycles. The first kappa shape index (κ1) is 96.3. The molecule has 6 atom stereocenters. The van der Waals surface area contributed by atoms with Gasteiger partial charge < -0.3 is 54.9 Å². The molecule has 698 valence electrons. The van der Waals surface area contributed by atoms with Gasteiger partial charge in [-0.3, -0.25) is 67.0 Å². The second-order valence-electron chi connectivity index (χ2n) is 35.4. The minimum Gasteiger partial charge on any atom is -0.508 e. The molecule has 28 nitrogen and oxygen atoms in total. The Bertz CT molecular complexity index is 7330. The molecule has 4 N–H and O–H groups in total. The molecule has 6 unspecified atom stereocenters. The number of piperazine rings is 3. The number of aromatic nitrogens is 9. The number of halogens is 9. The summed E-state index contributed by atoms with van der Waals surface area (Å²) in [7, 11) is 1.56. The van der Waals surface area contributed by atoms with Crippen LogP contribution >= 0.6 is 104 Å². The van der Waals surface area contributed by atoms with Crippen molar-refractivity contribution in [1.29, 1.82) is 0 Å². The number of amides is 5. The largest absolute Gasteiger partial charge is 0.508 e. The van der Waals surface area contributed by atoms with Gasteiger partial charge in [-0.05, 0) is 162 Å². The normalized spacial score (nSPS) is 17.9. The van der Waals surface area contributed by atoms with E-state index >= 15 is 0 Å². The maximum Gasteiger partial charge on any atom is 0.283 e. The maximum absolute atomic E-state index is 14.9. The Hall–Kier alpha value is -11.8. The number of nitrogens with zero attached hydrogens (tertiary/aromatic N) is 16. The Morgan fingerprint density at radius 2 is 0.778 bits per heavy atom. The molecule has 37 heteroatoms. The first-order valence-electron chi connectivity index (χ1n) is 43.5. The number of phenolic OH excluding ortho intramolecular Hbond substituents is 3. The van der Waals surface area contributed by atoms with Gasteiger partial charge in [0.15, 0.2) is 0 Å². The third kappa shape index (κ3) is 16.7. The standard InChI is InChI=1S/C33H31Cl3N6O4.C33H32Cl3N5O3.C32H29Cl3N6O4/c1-7-24(44)40-14-23-32(45)39(6)30-29(41(23)13-17(40)5)20-12-22(35)27(19-10-18(43)11-21(34)25(19)36)38-31(20)42(33(30)46)28-16(4)8-9-37-26(28)15(2)3;1-6-26(43)39-15-19-7-8-21-31(40(19)14-18(39)5)23-13-25(35)29(22-11-20(42)12-24(34)27(22)36)38-32(23)41(33(21)44)30-17(4)9-10-37-28(30)16(2)3;1-6-23(43)39-13-22-31(44)38-27-29(40(22)12-16(39)5)19-11-21(34)26(18-9-17(42)10-20(33)24(18)35)37-30(19)41(32(27)45)28-15(4)7-8-36-25(28)14(2)3/h7-12,15,17,23,43H,1,13-14H2,2-6H3;6,9-13,16,18-19,42H,1,7-8,14-15H2,2-5H3;6-11,14,16,22,42H,1,12-13H2,2-5H3,(H,38,44). The van der Waals surface area contributed by atoms with Crippen LogP contribution in [0.3, 0.4) is 0 Å². The average Bonchev–Trinajstić information content (AvgIpc) is 0.694. The molecule has 6 aliphatic heterocycles. The molecule has 6 aliphatic rings. The molecular formula is C98H92Cl9N17O11. The van der Waals surface area contributed by atoms with Gasteiger partial charge in [-0.25, -0.2) is 15.0 Å². The number of pyridine rings is 9. The van der Waals surface area contributed by atoms with Crippen molar-refractivity contribution < 1.29 is 39.3 Å². The lowest BCUT2D eigenvalue weighted by Gasteiger charge is -2.49. The summed E-state index contributed by atoms with van der Waals surface area (Å²) in [6.45, 7) is 36.1. The van der Waals surface area contributed by atoms with Crippen molar-refractivity contribution in [2.45, 2.75) is 150 Å². The van der Waals surface area contributed by atoms with Gasteiger partial charge in [0, 0.05) is 133 Å². The number of rotatable bonds is 12. The highest BCUT2D eigenvalue weighted by Crippen LogP contribution is 2.51. The molecule has 0 radical (unpaired) electrons. The molecule has 9 aromatic heterocycles. The van der Waals surface area contributed by atoms with Gasteiger partial charge in [-0.2, -0.15) is 0 Å². The number of hydrogen-bond acceptors (Lipinski definition) is 20. The fourth-order valence-corrected chi connectivity index (χ4v) is 21.2. The fourth-order valence-electron chi connectivity index (χ4n) is 19.2. The molecule has 5 amide bonds. The zero-order valence-corrected chi connectivity index (χ0v) is 82.3. The van der Waals surface area contributed by atoms with Crippen LogP contribution in [0, 0.1) is 20.8 Å². The molecular weight excluding hydrogens is 1910 g/mol. The average molecular weight is 2000 g/mol. The van der Waals surface area contributed by atoms with Crippen LogP contribution in [0.25, 0.3) is 83.9 Å². The van der Waals surface area contributed by atoms with Gasteiger partial charge >= 0.3 is 0 Å². The lowest BCUT2D eigenvalue weighted by atomic mass is 9.91. The van der Waals surface area contributed by atoms with Crippen molar-refractivity contribution in [2.75, 3.05) is 71.2 Å². The monoisotopic (exact) mass is 2000 g/mol. The van der Waals surface area contributed by atoms with E-state index in [0.717, 1.165) is 28.1 Å². The van der Waals surface area contributed by atoms with E-state index in [1.54, 1.807) is 58.2 Å². The lowest BCUT2D eigenvalue weighted by Crippen LogP contribution is -2.66. The van der Waals surface area contributed by atoms with Gasteiger partial charge in [0.05, 0.1) is 127 Å². The van der Waals surface area contributed by atoms with Crippen LogP contribution < -0.4 is 41.6 Å². The van der Waals surface area contributed by atoms with Gasteiger partial charge in [0.1, 0.15) is 57.6 Å². The van der Waals surface area contributed by atoms with Gasteiger partial charge in [-0.1, -0.05) is 166 Å². The molecule has 3 fully saturated rings. The van der Waals surface area contributed by atoms with Crippen LogP contribution in [0.5, 0.6) is 17.2 Å². The molecule has 0 aliphatic carbocycles. The number of fused-ring (bicyclic) bond motifs is 15. The summed E-state index contributed by atoms with van der Waals surface area (Å²) in [4.78, 5) is 151. The van der Waals surface area contributed by atoms with Crippen molar-refractivity contribution in [3.05, 3.63) is 245 Å². The van der Waals surface area contributed by atoms with E-state index in [1.807, 2.05) is 116 Å². The summed E-state index contributed by atoms with van der Waals surface area (Å²) in [6.07, 6.45) is 10.2. The number of aromatic hydroxyl groups is 3. The second kappa shape index (κ2) is 37.3.